The summed E-state index contributed by atoms with van der Waals surface area (Å²) < 4.78 is 32.5. The van der Waals surface area contributed by atoms with E-state index in [1.54, 1.807) is 45.2 Å². The Morgan fingerprint density at radius 1 is 1.23 bits per heavy atom. The molecule has 1 unspecified atom stereocenters. The van der Waals surface area contributed by atoms with Crippen molar-refractivity contribution in [3.63, 3.8) is 0 Å². The Labute approximate surface area is 219 Å². The number of aromatic nitrogens is 2. The Hall–Kier alpha value is -1.04. The van der Waals surface area contributed by atoms with Crippen LogP contribution in [0.1, 0.15) is 43.9 Å². The molecule has 10 heteroatoms. The van der Waals surface area contributed by atoms with Gasteiger partial charge in [-0.1, -0.05) is 26.0 Å². The van der Waals surface area contributed by atoms with Crippen molar-refractivity contribution < 1.29 is 23.1 Å². The molecule has 1 aromatic carbocycles. The molecular weight excluding hydrogens is 433 g/mol. The van der Waals surface area contributed by atoms with Crippen LogP contribution in [0.25, 0.3) is 0 Å². The van der Waals surface area contributed by atoms with Gasteiger partial charge in [-0.3, -0.25) is 4.79 Å². The summed E-state index contributed by atoms with van der Waals surface area (Å²) in [6.07, 6.45) is 2.62. The summed E-state index contributed by atoms with van der Waals surface area (Å²) in [5.41, 5.74) is 1.05. The van der Waals surface area contributed by atoms with Crippen molar-refractivity contribution in [2.75, 3.05) is 11.4 Å². The maximum atomic E-state index is 13.1. The van der Waals surface area contributed by atoms with Crippen LogP contribution < -0.4 is 9.04 Å². The molecule has 30 heavy (non-hydrogen) atoms. The SMILES string of the molecule is COc1ccc(CN(c2nccc(C(C(=O)O)C(C)C)n2)S(=O)(=O)C2CC2)cc1.[KH]. The molecule has 1 N–H and O–H groups in total. The molecule has 1 fully saturated rings. The van der Waals surface area contributed by atoms with E-state index < -0.39 is 27.2 Å². The molecule has 1 saturated carbocycles. The van der Waals surface area contributed by atoms with Gasteiger partial charge in [0.2, 0.25) is 16.0 Å². The molecule has 1 atom stereocenters. The van der Waals surface area contributed by atoms with Gasteiger partial charge in [-0.25, -0.2) is 22.7 Å². The second kappa shape index (κ2) is 10.5. The summed E-state index contributed by atoms with van der Waals surface area (Å²) in [6.45, 7) is 3.64. The van der Waals surface area contributed by atoms with Crippen molar-refractivity contribution in [1.82, 2.24) is 9.97 Å². The Bertz CT molecular complexity index is 978. The predicted octanol–water partition coefficient (Wildman–Crippen LogP) is 2.16. The first-order valence-electron chi connectivity index (χ1n) is 9.44. The number of benzene rings is 1. The number of carboxylic acids is 1. The third kappa shape index (κ3) is 5.80. The second-order valence-electron chi connectivity index (χ2n) is 7.44. The van der Waals surface area contributed by atoms with Crippen molar-refractivity contribution in [2.24, 2.45) is 5.92 Å². The molecule has 3 rings (SSSR count). The minimum atomic E-state index is -3.65. The van der Waals surface area contributed by atoms with E-state index in [4.69, 9.17) is 4.74 Å². The number of carbonyl (C=O) groups is 1. The molecule has 8 nitrogen and oxygen atoms in total. The van der Waals surface area contributed by atoms with Crippen LogP contribution in [0.15, 0.2) is 36.5 Å². The standard InChI is InChI=1S/C20H25N3O5S.K.H/c1-13(2)18(19(24)25)17-10-11-21-20(22-17)23(29(26,27)16-8-9-16)12-14-4-6-15(28-3)7-5-14;;/h4-7,10-11,13,16,18H,8-9,12H2,1-3H3,(H,24,25);;. The molecule has 0 bridgehead atoms. The number of nitrogens with zero attached hydrogens (tertiary/aromatic N) is 3. The van der Waals surface area contributed by atoms with Gasteiger partial charge >= 0.3 is 57.4 Å². The Morgan fingerprint density at radius 2 is 1.87 bits per heavy atom. The van der Waals surface area contributed by atoms with Crippen LogP contribution in [0.2, 0.25) is 0 Å². The van der Waals surface area contributed by atoms with E-state index in [2.05, 4.69) is 9.97 Å². The van der Waals surface area contributed by atoms with E-state index in [1.807, 2.05) is 0 Å². The van der Waals surface area contributed by atoms with Crippen molar-refractivity contribution in [3.8, 4) is 5.75 Å². The zero-order chi connectivity index (χ0) is 21.2. The van der Waals surface area contributed by atoms with E-state index in [0.717, 1.165) is 5.56 Å². The van der Waals surface area contributed by atoms with Gasteiger partial charge < -0.3 is 9.84 Å². The molecule has 0 saturated heterocycles. The number of rotatable bonds is 9. The van der Waals surface area contributed by atoms with Gasteiger partial charge in [0.1, 0.15) is 11.7 Å². The molecule has 0 radical (unpaired) electrons. The Balaban J connectivity index is 0.00000320. The molecule has 0 spiro atoms. The third-order valence-corrected chi connectivity index (χ3v) is 7.10. The van der Waals surface area contributed by atoms with Crippen LogP contribution in [0, 0.1) is 5.92 Å². The van der Waals surface area contributed by atoms with Crippen molar-refractivity contribution >= 4 is 73.3 Å². The van der Waals surface area contributed by atoms with Crippen molar-refractivity contribution in [3.05, 3.63) is 47.8 Å². The average molecular weight is 460 g/mol. The number of hydrogen-bond donors (Lipinski definition) is 1. The fourth-order valence-corrected chi connectivity index (χ4v) is 4.86. The van der Waals surface area contributed by atoms with E-state index in [9.17, 15) is 18.3 Å². The number of sulfonamides is 1. The zero-order valence-corrected chi connectivity index (χ0v) is 17.5. The molecule has 158 valence electrons. The van der Waals surface area contributed by atoms with E-state index >= 15 is 0 Å². The number of methoxy groups -OCH3 is 1. The summed E-state index contributed by atoms with van der Waals surface area (Å²) in [5, 5.41) is 9.11. The third-order valence-electron chi connectivity index (χ3n) is 4.88. The monoisotopic (exact) mass is 459 g/mol. The van der Waals surface area contributed by atoms with Gasteiger partial charge in [0.25, 0.3) is 0 Å². The van der Waals surface area contributed by atoms with Gasteiger partial charge in [-0.05, 0) is 42.5 Å². The molecule has 0 aliphatic heterocycles. The number of ether oxygens (including phenoxy) is 1. The summed E-state index contributed by atoms with van der Waals surface area (Å²) in [7, 11) is -2.09. The predicted molar refractivity (Wildman–Crippen MR) is 116 cm³/mol. The van der Waals surface area contributed by atoms with Crippen LogP contribution in [-0.4, -0.2) is 93.2 Å². The Kier molecular flexibility index (Phi) is 8.84. The van der Waals surface area contributed by atoms with Gasteiger partial charge in [-0.15, -0.1) is 0 Å². The van der Waals surface area contributed by atoms with Crippen LogP contribution >= 0.6 is 0 Å². The number of aliphatic carboxylic acids is 1. The molecule has 1 aromatic heterocycles. The van der Waals surface area contributed by atoms with Crippen molar-refractivity contribution in [2.45, 2.75) is 44.4 Å². The summed E-state index contributed by atoms with van der Waals surface area (Å²) in [4.78, 5) is 20.2. The second-order valence-corrected chi connectivity index (χ2v) is 9.58. The average Bonchev–Trinajstić information content (AvgIpc) is 3.52. The Morgan fingerprint density at radius 3 is 2.37 bits per heavy atom. The van der Waals surface area contributed by atoms with Gasteiger partial charge in [0, 0.05) is 6.20 Å². The van der Waals surface area contributed by atoms with Gasteiger partial charge in [0.05, 0.1) is 24.6 Å². The molecule has 1 aliphatic carbocycles. The van der Waals surface area contributed by atoms with E-state index in [-0.39, 0.29) is 69.8 Å². The number of carboxylic acid groups (broad SMARTS) is 1. The first kappa shape index (κ1) is 25.2. The minimum absolute atomic E-state index is 0. The fraction of sp³-hybridized carbons (Fsp3) is 0.450. The maximum absolute atomic E-state index is 13.1. The molecule has 2 aromatic rings. The van der Waals surface area contributed by atoms with Crippen LogP contribution in [0.3, 0.4) is 0 Å². The van der Waals surface area contributed by atoms with Gasteiger partial charge in [-0.2, -0.15) is 0 Å². The first-order valence-corrected chi connectivity index (χ1v) is 10.9. The normalized spacial score (nSPS) is 14.7. The molecule has 1 aliphatic rings. The van der Waals surface area contributed by atoms with Gasteiger partial charge in [0.15, 0.2) is 0 Å². The first-order chi connectivity index (χ1) is 13.7. The van der Waals surface area contributed by atoms with E-state index in [1.165, 1.54) is 16.6 Å². The molecule has 0 amide bonds. The van der Waals surface area contributed by atoms with Crippen LogP contribution in [0.5, 0.6) is 5.75 Å². The van der Waals surface area contributed by atoms with Crippen LogP contribution in [0.4, 0.5) is 5.95 Å². The number of anilines is 1. The number of hydrogen-bond acceptors (Lipinski definition) is 6. The fourth-order valence-electron chi connectivity index (χ4n) is 3.13. The molecular formula is C20H26KN3O5S. The van der Waals surface area contributed by atoms with Crippen LogP contribution in [-0.2, 0) is 21.4 Å². The zero-order valence-electron chi connectivity index (χ0n) is 16.6. The topological polar surface area (TPSA) is 110 Å². The molecule has 1 heterocycles. The summed E-state index contributed by atoms with van der Waals surface area (Å²) in [6, 6.07) is 8.61. The summed E-state index contributed by atoms with van der Waals surface area (Å²) >= 11 is 0. The summed E-state index contributed by atoms with van der Waals surface area (Å²) in [5.74, 6) is -1.38. The van der Waals surface area contributed by atoms with E-state index in [0.29, 0.717) is 24.3 Å². The van der Waals surface area contributed by atoms with Crippen molar-refractivity contribution in [1.29, 1.82) is 0 Å². The quantitative estimate of drug-likeness (QED) is 0.572.